The van der Waals surface area contributed by atoms with E-state index in [1.807, 2.05) is 6.07 Å². The Hall–Kier alpha value is -1.83. The first-order chi connectivity index (χ1) is 10.7. The molecule has 0 fully saturated rings. The number of aryl methyl sites for hydroxylation is 1. The van der Waals surface area contributed by atoms with Crippen LogP contribution in [0.5, 0.6) is 0 Å². The standard InChI is InChI=1S/C21H29NO/c1-20(2,3)15-21(4,5)22-19(23)14-13-17-11-8-10-16-9-6-7-12-18(16)17/h6-12H,13-15H2,1-5H3,(H,22,23). The second-order valence-electron chi connectivity index (χ2n) is 8.31. The Labute approximate surface area is 140 Å². The zero-order valence-electron chi connectivity index (χ0n) is 15.1. The van der Waals surface area contributed by atoms with E-state index >= 15 is 0 Å². The molecule has 0 aliphatic rings. The van der Waals surface area contributed by atoms with Crippen LogP contribution in [0, 0.1) is 5.41 Å². The summed E-state index contributed by atoms with van der Waals surface area (Å²) in [7, 11) is 0. The summed E-state index contributed by atoms with van der Waals surface area (Å²) in [6.45, 7) is 10.8. The van der Waals surface area contributed by atoms with Gasteiger partial charge in [0.15, 0.2) is 0 Å². The van der Waals surface area contributed by atoms with Gasteiger partial charge >= 0.3 is 0 Å². The van der Waals surface area contributed by atoms with Crippen molar-refractivity contribution in [1.82, 2.24) is 5.32 Å². The third-order valence-electron chi connectivity index (χ3n) is 3.95. The van der Waals surface area contributed by atoms with Crippen LogP contribution in [0.4, 0.5) is 0 Å². The van der Waals surface area contributed by atoms with Crippen molar-refractivity contribution < 1.29 is 4.79 Å². The fourth-order valence-electron chi connectivity index (χ4n) is 3.57. The predicted molar refractivity (Wildman–Crippen MR) is 98.6 cm³/mol. The van der Waals surface area contributed by atoms with Gasteiger partial charge in [-0.25, -0.2) is 0 Å². The molecule has 0 spiro atoms. The molecule has 23 heavy (non-hydrogen) atoms. The molecule has 2 rings (SSSR count). The van der Waals surface area contributed by atoms with Crippen molar-refractivity contribution >= 4 is 16.7 Å². The third kappa shape index (κ3) is 5.38. The number of hydrogen-bond donors (Lipinski definition) is 1. The van der Waals surface area contributed by atoms with E-state index < -0.39 is 0 Å². The zero-order chi connectivity index (χ0) is 17.1. The number of amides is 1. The molecule has 0 heterocycles. The third-order valence-corrected chi connectivity index (χ3v) is 3.95. The average Bonchev–Trinajstić information content (AvgIpc) is 2.41. The Kier molecular flexibility index (Phi) is 5.13. The summed E-state index contributed by atoms with van der Waals surface area (Å²) >= 11 is 0. The summed E-state index contributed by atoms with van der Waals surface area (Å²) in [4.78, 5) is 12.3. The van der Waals surface area contributed by atoms with E-state index in [2.05, 4.69) is 76.3 Å². The fraction of sp³-hybridized carbons (Fsp3) is 0.476. The number of hydrogen-bond acceptors (Lipinski definition) is 1. The van der Waals surface area contributed by atoms with E-state index in [-0.39, 0.29) is 16.9 Å². The summed E-state index contributed by atoms with van der Waals surface area (Å²) in [5.74, 6) is 0.132. The van der Waals surface area contributed by atoms with Crippen molar-refractivity contribution in [3.8, 4) is 0 Å². The lowest BCUT2D eigenvalue weighted by molar-refractivity contribution is -0.122. The highest BCUT2D eigenvalue weighted by Gasteiger charge is 2.26. The van der Waals surface area contributed by atoms with Gasteiger partial charge in [0, 0.05) is 12.0 Å². The lowest BCUT2D eigenvalue weighted by Crippen LogP contribution is -2.45. The summed E-state index contributed by atoms with van der Waals surface area (Å²) in [6.07, 6.45) is 2.26. The first-order valence-electron chi connectivity index (χ1n) is 8.44. The van der Waals surface area contributed by atoms with Gasteiger partial charge in [0.05, 0.1) is 0 Å². The number of benzene rings is 2. The van der Waals surface area contributed by atoms with Gasteiger partial charge in [0.2, 0.25) is 5.91 Å². The van der Waals surface area contributed by atoms with Crippen LogP contribution in [0.2, 0.25) is 0 Å². The molecule has 2 nitrogen and oxygen atoms in total. The van der Waals surface area contributed by atoms with E-state index in [0.717, 1.165) is 12.8 Å². The molecule has 2 heteroatoms. The van der Waals surface area contributed by atoms with Gasteiger partial charge < -0.3 is 5.32 Å². The van der Waals surface area contributed by atoms with Gasteiger partial charge in [-0.3, -0.25) is 4.79 Å². The largest absolute Gasteiger partial charge is 0.351 e. The average molecular weight is 311 g/mol. The lowest BCUT2D eigenvalue weighted by atomic mass is 9.81. The molecule has 1 amide bonds. The number of carbonyl (C=O) groups excluding carboxylic acids is 1. The van der Waals surface area contributed by atoms with E-state index in [0.29, 0.717) is 6.42 Å². The number of fused-ring (bicyclic) bond motifs is 1. The summed E-state index contributed by atoms with van der Waals surface area (Å²) in [5.41, 5.74) is 1.27. The highest BCUT2D eigenvalue weighted by Crippen LogP contribution is 2.27. The van der Waals surface area contributed by atoms with Crippen molar-refractivity contribution in [2.24, 2.45) is 5.41 Å². The highest BCUT2D eigenvalue weighted by molar-refractivity contribution is 5.86. The first kappa shape index (κ1) is 17.5. The number of nitrogens with one attached hydrogen (secondary N) is 1. The second-order valence-corrected chi connectivity index (χ2v) is 8.31. The smallest absolute Gasteiger partial charge is 0.220 e. The van der Waals surface area contributed by atoms with Gasteiger partial charge in [-0.2, -0.15) is 0 Å². The van der Waals surface area contributed by atoms with Crippen LogP contribution < -0.4 is 5.32 Å². The molecule has 0 unspecified atom stereocenters. The molecular weight excluding hydrogens is 282 g/mol. The fourth-order valence-corrected chi connectivity index (χ4v) is 3.57. The zero-order valence-corrected chi connectivity index (χ0v) is 15.1. The molecule has 0 aliphatic carbocycles. The van der Waals surface area contributed by atoms with E-state index in [9.17, 15) is 4.79 Å². The molecule has 2 aromatic rings. The maximum absolute atomic E-state index is 12.3. The van der Waals surface area contributed by atoms with Crippen LogP contribution in [0.25, 0.3) is 10.8 Å². The van der Waals surface area contributed by atoms with Gasteiger partial charge in [-0.05, 0) is 48.4 Å². The van der Waals surface area contributed by atoms with Crippen molar-refractivity contribution in [1.29, 1.82) is 0 Å². The van der Waals surface area contributed by atoms with Crippen LogP contribution in [-0.2, 0) is 11.2 Å². The molecule has 2 aromatic carbocycles. The molecule has 0 saturated heterocycles. The summed E-state index contributed by atoms with van der Waals surface area (Å²) < 4.78 is 0. The molecule has 0 saturated carbocycles. The Morgan fingerprint density at radius 1 is 0.957 bits per heavy atom. The maximum Gasteiger partial charge on any atom is 0.220 e. The monoisotopic (exact) mass is 311 g/mol. The van der Waals surface area contributed by atoms with Crippen LogP contribution in [0.15, 0.2) is 42.5 Å². The SMILES string of the molecule is CC(C)(C)CC(C)(C)NC(=O)CCc1cccc2ccccc12. The van der Waals surface area contributed by atoms with Gasteiger partial charge in [-0.1, -0.05) is 63.2 Å². The van der Waals surface area contributed by atoms with E-state index in [1.165, 1.54) is 16.3 Å². The van der Waals surface area contributed by atoms with Crippen molar-refractivity contribution in [3.05, 3.63) is 48.0 Å². The minimum absolute atomic E-state index is 0.132. The van der Waals surface area contributed by atoms with Crippen LogP contribution in [0.3, 0.4) is 0 Å². The van der Waals surface area contributed by atoms with Crippen molar-refractivity contribution in [2.45, 2.75) is 59.4 Å². The first-order valence-corrected chi connectivity index (χ1v) is 8.44. The topological polar surface area (TPSA) is 29.1 Å². The molecular formula is C21H29NO. The maximum atomic E-state index is 12.3. The quantitative estimate of drug-likeness (QED) is 0.817. The predicted octanol–water partition coefficient (Wildman–Crippen LogP) is 5.10. The minimum atomic E-state index is -0.173. The molecule has 0 radical (unpaired) electrons. The van der Waals surface area contributed by atoms with Crippen molar-refractivity contribution in [3.63, 3.8) is 0 Å². The van der Waals surface area contributed by atoms with Gasteiger partial charge in [-0.15, -0.1) is 0 Å². The Bertz CT molecular complexity index is 674. The number of carbonyl (C=O) groups is 1. The van der Waals surface area contributed by atoms with Crippen molar-refractivity contribution in [2.75, 3.05) is 0 Å². The molecule has 0 atom stereocenters. The highest BCUT2D eigenvalue weighted by atomic mass is 16.1. The summed E-state index contributed by atoms with van der Waals surface area (Å²) in [5, 5.41) is 5.67. The molecule has 0 aliphatic heterocycles. The van der Waals surface area contributed by atoms with Gasteiger partial charge in [0.25, 0.3) is 0 Å². The Morgan fingerprint density at radius 3 is 2.30 bits per heavy atom. The molecule has 1 N–H and O–H groups in total. The second kappa shape index (κ2) is 6.74. The van der Waals surface area contributed by atoms with Crippen LogP contribution >= 0.6 is 0 Å². The number of rotatable bonds is 5. The Balaban J connectivity index is 1.99. The van der Waals surface area contributed by atoms with E-state index in [1.54, 1.807) is 0 Å². The molecule has 124 valence electrons. The van der Waals surface area contributed by atoms with Crippen LogP contribution in [0.1, 0.15) is 53.0 Å². The minimum Gasteiger partial charge on any atom is -0.351 e. The van der Waals surface area contributed by atoms with Crippen LogP contribution in [-0.4, -0.2) is 11.4 Å². The summed E-state index contributed by atoms with van der Waals surface area (Å²) in [6, 6.07) is 14.7. The Morgan fingerprint density at radius 2 is 1.61 bits per heavy atom. The normalized spacial score (nSPS) is 12.4. The molecule has 0 aromatic heterocycles. The van der Waals surface area contributed by atoms with Gasteiger partial charge in [0.1, 0.15) is 0 Å². The lowest BCUT2D eigenvalue weighted by Gasteiger charge is -2.33. The van der Waals surface area contributed by atoms with E-state index in [4.69, 9.17) is 0 Å². The molecule has 0 bridgehead atoms.